The fourth-order valence-electron chi connectivity index (χ4n) is 3.92. The first-order valence-corrected chi connectivity index (χ1v) is 8.79. The van der Waals surface area contributed by atoms with Gasteiger partial charge < -0.3 is 0 Å². The highest BCUT2D eigenvalue weighted by molar-refractivity contribution is 6.00. The number of carbonyl (C=O) groups excluding carboxylic acids is 1. The first-order chi connectivity index (χ1) is 12.0. The molecule has 3 aromatic rings. The van der Waals surface area contributed by atoms with Crippen LogP contribution in [0.15, 0.2) is 48.5 Å². The van der Waals surface area contributed by atoms with Gasteiger partial charge in [0.1, 0.15) is 0 Å². The van der Waals surface area contributed by atoms with Crippen LogP contribution >= 0.6 is 0 Å². The van der Waals surface area contributed by atoms with Gasteiger partial charge in [-0.05, 0) is 56.4 Å². The van der Waals surface area contributed by atoms with Crippen molar-refractivity contribution in [2.24, 2.45) is 0 Å². The smallest absolute Gasteiger partial charge is 0.167 e. The van der Waals surface area contributed by atoms with E-state index >= 15 is 0 Å². The van der Waals surface area contributed by atoms with Crippen molar-refractivity contribution in [3.8, 4) is 5.69 Å². The Bertz CT molecular complexity index is 951. The Morgan fingerprint density at radius 2 is 1.68 bits per heavy atom. The molecule has 0 saturated heterocycles. The van der Waals surface area contributed by atoms with Gasteiger partial charge in [-0.3, -0.25) is 4.79 Å². The summed E-state index contributed by atoms with van der Waals surface area (Å²) < 4.78 is 1.96. The molecule has 3 nitrogen and oxygen atoms in total. The van der Waals surface area contributed by atoms with Gasteiger partial charge >= 0.3 is 0 Å². The maximum Gasteiger partial charge on any atom is 0.167 e. The van der Waals surface area contributed by atoms with E-state index in [4.69, 9.17) is 0 Å². The topological polar surface area (TPSA) is 34.9 Å². The lowest BCUT2D eigenvalue weighted by Crippen LogP contribution is -2.21. The van der Waals surface area contributed by atoms with Gasteiger partial charge in [0, 0.05) is 6.42 Å². The van der Waals surface area contributed by atoms with Gasteiger partial charge in [-0.25, -0.2) is 4.68 Å². The van der Waals surface area contributed by atoms with Gasteiger partial charge in [-0.2, -0.15) is 5.10 Å². The molecule has 4 rings (SSSR count). The highest BCUT2D eigenvalue weighted by Crippen LogP contribution is 2.36. The van der Waals surface area contributed by atoms with E-state index in [1.807, 2.05) is 11.6 Å². The normalized spacial score (nSPS) is 16.8. The number of fused-ring (bicyclic) bond motifs is 1. The Balaban J connectivity index is 1.81. The van der Waals surface area contributed by atoms with Gasteiger partial charge in [0.2, 0.25) is 0 Å². The summed E-state index contributed by atoms with van der Waals surface area (Å²) in [6, 6.07) is 16.7. The van der Waals surface area contributed by atoms with E-state index in [1.165, 1.54) is 16.7 Å². The summed E-state index contributed by atoms with van der Waals surface area (Å²) in [5.74, 6) is 0.437. The van der Waals surface area contributed by atoms with E-state index in [1.54, 1.807) is 0 Å². The molecule has 0 saturated carbocycles. The third kappa shape index (κ3) is 2.70. The minimum atomic E-state index is 0.213. The predicted octanol–water partition coefficient (Wildman–Crippen LogP) is 4.71. The van der Waals surface area contributed by atoms with Crippen molar-refractivity contribution in [3.63, 3.8) is 0 Å². The minimum absolute atomic E-state index is 0.213. The molecule has 0 bridgehead atoms. The quantitative estimate of drug-likeness (QED) is 0.682. The van der Waals surface area contributed by atoms with Crippen LogP contribution in [0.3, 0.4) is 0 Å². The van der Waals surface area contributed by atoms with Crippen LogP contribution in [0.2, 0.25) is 0 Å². The number of rotatable bonds is 2. The first kappa shape index (κ1) is 15.8. The molecular formula is C22H22N2O. The number of benzene rings is 2. The molecule has 1 aliphatic carbocycles. The molecule has 0 unspecified atom stereocenters. The summed E-state index contributed by atoms with van der Waals surface area (Å²) in [5, 5.41) is 4.69. The average Bonchev–Trinajstić information content (AvgIpc) is 2.93. The van der Waals surface area contributed by atoms with Crippen LogP contribution in [0.5, 0.6) is 0 Å². The molecule has 1 aromatic heterocycles. The van der Waals surface area contributed by atoms with E-state index in [-0.39, 0.29) is 11.7 Å². The monoisotopic (exact) mass is 330 g/mol. The van der Waals surface area contributed by atoms with E-state index in [0.29, 0.717) is 6.42 Å². The van der Waals surface area contributed by atoms with Crippen LogP contribution in [0.1, 0.15) is 50.8 Å². The lowest BCUT2D eigenvalue weighted by Gasteiger charge is -2.24. The van der Waals surface area contributed by atoms with E-state index in [2.05, 4.69) is 67.5 Å². The molecule has 3 heteroatoms. The number of hydrogen-bond acceptors (Lipinski definition) is 2. The molecule has 126 valence electrons. The highest BCUT2D eigenvalue weighted by Gasteiger charge is 2.32. The molecule has 0 radical (unpaired) electrons. The Labute approximate surface area is 148 Å². The number of carbonyl (C=O) groups is 1. The second-order valence-corrected chi connectivity index (χ2v) is 7.04. The van der Waals surface area contributed by atoms with Crippen molar-refractivity contribution in [2.75, 3.05) is 0 Å². The van der Waals surface area contributed by atoms with Crippen LogP contribution in [-0.4, -0.2) is 15.6 Å². The Morgan fingerprint density at radius 1 is 0.960 bits per heavy atom. The van der Waals surface area contributed by atoms with Gasteiger partial charge in [-0.1, -0.05) is 42.0 Å². The van der Waals surface area contributed by atoms with Crippen LogP contribution in [0.4, 0.5) is 0 Å². The van der Waals surface area contributed by atoms with Crippen LogP contribution in [0.25, 0.3) is 5.69 Å². The summed E-state index contributed by atoms with van der Waals surface area (Å²) in [6.45, 7) is 6.14. The van der Waals surface area contributed by atoms with Gasteiger partial charge in [0.15, 0.2) is 5.78 Å². The molecule has 0 amide bonds. The Hall–Kier alpha value is -2.68. The standard InChI is InChI=1S/C22H22N2O/c1-14-8-10-18(11-9-14)24-20-12-17(19-7-5-4-6-15(19)2)13-21(25)22(20)16(3)23-24/h4-11,17H,12-13H2,1-3H3/t17-/m1/s1. The zero-order valence-electron chi connectivity index (χ0n) is 14.9. The Morgan fingerprint density at radius 3 is 2.40 bits per heavy atom. The molecule has 0 N–H and O–H groups in total. The van der Waals surface area contributed by atoms with E-state index < -0.39 is 0 Å². The third-order valence-electron chi connectivity index (χ3n) is 5.21. The molecule has 25 heavy (non-hydrogen) atoms. The third-order valence-corrected chi connectivity index (χ3v) is 5.21. The zero-order chi connectivity index (χ0) is 17.6. The SMILES string of the molecule is Cc1ccc(-n2nc(C)c3c2C[C@@H](c2ccccc2C)CC3=O)cc1. The average molecular weight is 330 g/mol. The van der Waals surface area contributed by atoms with Crippen LogP contribution in [0, 0.1) is 20.8 Å². The number of ketones is 1. The molecule has 1 atom stereocenters. The number of aryl methyl sites for hydroxylation is 3. The van der Waals surface area contributed by atoms with Crippen molar-refractivity contribution >= 4 is 5.78 Å². The summed E-state index contributed by atoms with van der Waals surface area (Å²) in [4.78, 5) is 12.8. The van der Waals surface area contributed by atoms with Crippen LogP contribution in [-0.2, 0) is 6.42 Å². The zero-order valence-corrected chi connectivity index (χ0v) is 14.9. The maximum absolute atomic E-state index is 12.8. The highest BCUT2D eigenvalue weighted by atomic mass is 16.1. The summed E-state index contributed by atoms with van der Waals surface area (Å²) >= 11 is 0. The largest absolute Gasteiger partial charge is 0.294 e. The fourth-order valence-corrected chi connectivity index (χ4v) is 3.92. The molecule has 1 heterocycles. The van der Waals surface area contributed by atoms with Crippen molar-refractivity contribution in [2.45, 2.75) is 39.5 Å². The summed E-state index contributed by atoms with van der Waals surface area (Å²) in [6.07, 6.45) is 1.42. The minimum Gasteiger partial charge on any atom is -0.294 e. The Kier molecular flexibility index (Phi) is 3.79. The van der Waals surface area contributed by atoms with E-state index in [0.717, 1.165) is 29.1 Å². The second kappa shape index (κ2) is 5.99. The lowest BCUT2D eigenvalue weighted by atomic mass is 9.80. The van der Waals surface area contributed by atoms with Gasteiger partial charge in [-0.15, -0.1) is 0 Å². The number of aromatic nitrogens is 2. The van der Waals surface area contributed by atoms with Gasteiger partial charge in [0.25, 0.3) is 0 Å². The molecule has 2 aromatic carbocycles. The maximum atomic E-state index is 12.8. The van der Waals surface area contributed by atoms with Crippen LogP contribution < -0.4 is 0 Å². The number of Topliss-reactive ketones (excluding diaryl/α,β-unsaturated/α-hetero) is 1. The fraction of sp³-hybridized carbons (Fsp3) is 0.273. The first-order valence-electron chi connectivity index (χ1n) is 8.79. The molecule has 0 spiro atoms. The number of hydrogen-bond donors (Lipinski definition) is 0. The number of nitrogens with zero attached hydrogens (tertiary/aromatic N) is 2. The lowest BCUT2D eigenvalue weighted by molar-refractivity contribution is 0.0963. The van der Waals surface area contributed by atoms with Crippen molar-refractivity contribution in [3.05, 3.63) is 82.2 Å². The van der Waals surface area contributed by atoms with Gasteiger partial charge in [0.05, 0.1) is 22.6 Å². The predicted molar refractivity (Wildman–Crippen MR) is 99.6 cm³/mol. The second-order valence-electron chi connectivity index (χ2n) is 7.04. The van der Waals surface area contributed by atoms with Crippen molar-refractivity contribution in [1.29, 1.82) is 0 Å². The molecule has 0 fully saturated rings. The summed E-state index contributed by atoms with van der Waals surface area (Å²) in [5.41, 5.74) is 7.47. The summed E-state index contributed by atoms with van der Waals surface area (Å²) in [7, 11) is 0. The molecule has 1 aliphatic rings. The molecule has 0 aliphatic heterocycles. The van der Waals surface area contributed by atoms with E-state index in [9.17, 15) is 4.79 Å². The van der Waals surface area contributed by atoms with Crippen molar-refractivity contribution in [1.82, 2.24) is 9.78 Å². The van der Waals surface area contributed by atoms with Crippen molar-refractivity contribution < 1.29 is 4.79 Å². The molecular weight excluding hydrogens is 308 g/mol.